The van der Waals surface area contributed by atoms with Crippen molar-refractivity contribution in [3.05, 3.63) is 137 Å². The molecule has 0 fully saturated rings. The van der Waals surface area contributed by atoms with Crippen molar-refractivity contribution in [2.45, 2.75) is 19.3 Å². The number of hydrogen-bond donors (Lipinski definition) is 0. The van der Waals surface area contributed by atoms with Crippen LogP contribution in [-0.4, -0.2) is 0 Å². The van der Waals surface area contributed by atoms with E-state index in [9.17, 15) is 0 Å². The first kappa shape index (κ1) is 23.3. The number of nitrogens with zero attached hydrogens (tertiary/aromatic N) is 1. The van der Waals surface area contributed by atoms with Crippen LogP contribution in [0, 0.1) is 0 Å². The van der Waals surface area contributed by atoms with E-state index in [-0.39, 0.29) is 5.41 Å². The Bertz CT molecular complexity index is 2020. The lowest BCUT2D eigenvalue weighted by atomic mass is 9.78. The van der Waals surface area contributed by atoms with Crippen LogP contribution in [0.4, 0.5) is 17.1 Å². The molecule has 192 valence electrons. The first-order valence-electron chi connectivity index (χ1n) is 13.7. The molecular formula is C37H27NOS. The Balaban J connectivity index is 1.50. The van der Waals surface area contributed by atoms with E-state index in [1.807, 2.05) is 0 Å². The first-order valence-corrected chi connectivity index (χ1v) is 14.6. The lowest BCUT2D eigenvalue weighted by Crippen LogP contribution is -2.16. The van der Waals surface area contributed by atoms with Crippen LogP contribution < -0.4 is 4.90 Å². The zero-order valence-corrected chi connectivity index (χ0v) is 23.2. The Labute approximate surface area is 237 Å². The quantitative estimate of drug-likeness (QED) is 0.224. The highest BCUT2D eigenvalue weighted by molar-refractivity contribution is 7.08. The molecule has 3 heteroatoms. The number of thiophene rings is 1. The Kier molecular flexibility index (Phi) is 5.07. The molecule has 0 N–H and O–H groups in total. The van der Waals surface area contributed by atoms with Gasteiger partial charge in [-0.1, -0.05) is 98.8 Å². The van der Waals surface area contributed by atoms with Gasteiger partial charge < -0.3 is 9.32 Å². The van der Waals surface area contributed by atoms with Gasteiger partial charge in [-0.2, -0.15) is 11.3 Å². The fourth-order valence-corrected chi connectivity index (χ4v) is 7.24. The standard InChI is InChI=1S/C37H27NOS/c1-37(2)31-18-10-9-16-27(31)29-22-30-28-17-11-19-32(38(26-20-21-40-23-26)25-14-7-4-8-15-25)35(28)39-36(30)33(34(29)37)24-12-5-3-6-13-24/h3-23H,1-2H3. The molecule has 5 aromatic carbocycles. The molecule has 2 heterocycles. The van der Waals surface area contributed by atoms with Crippen LogP contribution in [0.1, 0.15) is 25.0 Å². The molecule has 0 unspecified atom stereocenters. The maximum atomic E-state index is 7.05. The van der Waals surface area contributed by atoms with Gasteiger partial charge in [0, 0.05) is 32.8 Å². The van der Waals surface area contributed by atoms with Crippen LogP contribution in [0.5, 0.6) is 0 Å². The third-order valence-corrected chi connectivity index (χ3v) is 9.04. The third-order valence-electron chi connectivity index (χ3n) is 8.37. The van der Waals surface area contributed by atoms with Gasteiger partial charge in [-0.05, 0) is 63.5 Å². The van der Waals surface area contributed by atoms with Crippen molar-refractivity contribution >= 4 is 50.3 Å². The van der Waals surface area contributed by atoms with Gasteiger partial charge >= 0.3 is 0 Å². The lowest BCUT2D eigenvalue weighted by molar-refractivity contribution is 0.650. The second-order valence-corrected chi connectivity index (χ2v) is 11.8. The molecule has 0 atom stereocenters. The van der Waals surface area contributed by atoms with Gasteiger partial charge in [0.15, 0.2) is 5.58 Å². The van der Waals surface area contributed by atoms with Gasteiger partial charge in [-0.25, -0.2) is 0 Å². The highest BCUT2D eigenvalue weighted by Gasteiger charge is 2.39. The second kappa shape index (κ2) is 8.70. The maximum Gasteiger partial charge on any atom is 0.159 e. The van der Waals surface area contributed by atoms with Gasteiger partial charge in [-0.3, -0.25) is 0 Å². The molecule has 0 amide bonds. The van der Waals surface area contributed by atoms with Crippen molar-refractivity contribution in [2.24, 2.45) is 0 Å². The van der Waals surface area contributed by atoms with Gasteiger partial charge in [0.05, 0.1) is 11.4 Å². The Morgan fingerprint density at radius 2 is 1.40 bits per heavy atom. The van der Waals surface area contributed by atoms with Crippen molar-refractivity contribution in [3.8, 4) is 22.3 Å². The predicted octanol–water partition coefficient (Wildman–Crippen LogP) is 11.1. The van der Waals surface area contributed by atoms with Gasteiger partial charge in [0.1, 0.15) is 5.58 Å². The predicted molar refractivity (Wildman–Crippen MR) is 169 cm³/mol. The summed E-state index contributed by atoms with van der Waals surface area (Å²) < 4.78 is 7.05. The SMILES string of the molecule is CC1(C)c2ccccc2-c2cc3c(oc4c(N(c5ccccc5)c5ccsc5)cccc43)c(-c3ccccc3)c21. The van der Waals surface area contributed by atoms with Crippen molar-refractivity contribution in [3.63, 3.8) is 0 Å². The number of rotatable bonds is 4. The largest absolute Gasteiger partial charge is 0.453 e. The fourth-order valence-electron chi connectivity index (χ4n) is 6.62. The zero-order chi connectivity index (χ0) is 26.8. The number of fused-ring (bicyclic) bond motifs is 6. The zero-order valence-electron chi connectivity index (χ0n) is 22.4. The molecule has 2 nitrogen and oxygen atoms in total. The highest BCUT2D eigenvalue weighted by Crippen LogP contribution is 2.56. The average molecular weight is 534 g/mol. The summed E-state index contributed by atoms with van der Waals surface area (Å²) in [6, 6.07) is 41.2. The van der Waals surface area contributed by atoms with E-state index < -0.39 is 0 Å². The molecule has 8 rings (SSSR count). The summed E-state index contributed by atoms with van der Waals surface area (Å²) in [4.78, 5) is 2.30. The monoisotopic (exact) mass is 533 g/mol. The number of benzene rings is 5. The van der Waals surface area contributed by atoms with Crippen molar-refractivity contribution in [1.29, 1.82) is 0 Å². The van der Waals surface area contributed by atoms with Crippen LogP contribution in [0.3, 0.4) is 0 Å². The second-order valence-electron chi connectivity index (χ2n) is 11.0. The minimum absolute atomic E-state index is 0.153. The molecule has 2 aromatic heterocycles. The number of anilines is 3. The first-order chi connectivity index (χ1) is 19.6. The number of hydrogen-bond acceptors (Lipinski definition) is 3. The lowest BCUT2D eigenvalue weighted by Gasteiger charge is -2.24. The maximum absolute atomic E-state index is 7.05. The minimum Gasteiger partial charge on any atom is -0.453 e. The summed E-state index contributed by atoms with van der Waals surface area (Å²) in [7, 11) is 0. The summed E-state index contributed by atoms with van der Waals surface area (Å²) in [5.41, 5.74) is 12.7. The minimum atomic E-state index is -0.153. The van der Waals surface area contributed by atoms with Crippen LogP contribution in [0.2, 0.25) is 0 Å². The molecule has 0 aliphatic heterocycles. The summed E-state index contributed by atoms with van der Waals surface area (Å²) in [6.45, 7) is 4.69. The van der Waals surface area contributed by atoms with Crippen LogP contribution in [-0.2, 0) is 5.41 Å². The van der Waals surface area contributed by atoms with E-state index in [4.69, 9.17) is 4.42 Å². The van der Waals surface area contributed by atoms with E-state index in [0.717, 1.165) is 39.0 Å². The molecule has 40 heavy (non-hydrogen) atoms. The van der Waals surface area contributed by atoms with Crippen LogP contribution in [0.15, 0.2) is 130 Å². The molecule has 7 aromatic rings. The molecule has 1 aliphatic rings. The molecule has 0 saturated carbocycles. The van der Waals surface area contributed by atoms with Crippen LogP contribution in [0.25, 0.3) is 44.2 Å². The molecule has 0 saturated heterocycles. The van der Waals surface area contributed by atoms with E-state index in [1.54, 1.807) is 11.3 Å². The highest BCUT2D eigenvalue weighted by atomic mass is 32.1. The average Bonchev–Trinajstić information content (AvgIpc) is 3.71. The normalized spacial score (nSPS) is 13.4. The van der Waals surface area contributed by atoms with E-state index in [2.05, 4.69) is 145 Å². The Hall–Kier alpha value is -4.60. The Morgan fingerprint density at radius 1 is 0.650 bits per heavy atom. The topological polar surface area (TPSA) is 16.4 Å². The van der Waals surface area contributed by atoms with Crippen molar-refractivity contribution < 1.29 is 4.42 Å². The Morgan fingerprint density at radius 3 is 2.17 bits per heavy atom. The molecule has 1 aliphatic carbocycles. The number of para-hydroxylation sites is 2. The van der Waals surface area contributed by atoms with E-state index in [1.165, 1.54) is 33.4 Å². The summed E-state index contributed by atoms with van der Waals surface area (Å²) in [5, 5.41) is 6.60. The van der Waals surface area contributed by atoms with Gasteiger partial charge in [-0.15, -0.1) is 0 Å². The molecule has 0 bridgehead atoms. The smallest absolute Gasteiger partial charge is 0.159 e. The summed E-state index contributed by atoms with van der Waals surface area (Å²) >= 11 is 1.70. The molecule has 0 radical (unpaired) electrons. The fraction of sp³-hybridized carbons (Fsp3) is 0.0811. The van der Waals surface area contributed by atoms with E-state index in [0.29, 0.717) is 0 Å². The van der Waals surface area contributed by atoms with E-state index >= 15 is 0 Å². The number of furan rings is 1. The molecular weight excluding hydrogens is 506 g/mol. The summed E-state index contributed by atoms with van der Waals surface area (Å²) in [6.07, 6.45) is 0. The van der Waals surface area contributed by atoms with Crippen molar-refractivity contribution in [1.82, 2.24) is 0 Å². The van der Waals surface area contributed by atoms with Gasteiger partial charge in [0.25, 0.3) is 0 Å². The third kappa shape index (κ3) is 3.28. The van der Waals surface area contributed by atoms with Crippen LogP contribution >= 0.6 is 11.3 Å². The molecule has 0 spiro atoms. The van der Waals surface area contributed by atoms with Crippen molar-refractivity contribution in [2.75, 3.05) is 4.90 Å². The summed E-state index contributed by atoms with van der Waals surface area (Å²) in [5.74, 6) is 0. The van der Waals surface area contributed by atoms with Gasteiger partial charge in [0.2, 0.25) is 0 Å².